The standard InChI is InChI=1S/C23H22N2O/c1-16-17(2)25(15-18-8-7-11-20(14-18)26-3)23-21(16)12-13-24-22(23)19-9-5-4-6-10-19/h4-14H,15H2,1-3H3. The second kappa shape index (κ2) is 6.68. The summed E-state index contributed by atoms with van der Waals surface area (Å²) in [4.78, 5) is 4.72. The minimum atomic E-state index is 0.791. The molecule has 4 aromatic rings. The van der Waals surface area contributed by atoms with Gasteiger partial charge in [-0.2, -0.15) is 0 Å². The number of methoxy groups -OCH3 is 1. The zero-order chi connectivity index (χ0) is 18.1. The third-order valence-electron chi connectivity index (χ3n) is 5.07. The fourth-order valence-electron chi connectivity index (χ4n) is 3.55. The summed E-state index contributed by atoms with van der Waals surface area (Å²) in [6.45, 7) is 5.16. The van der Waals surface area contributed by atoms with Crippen molar-refractivity contribution in [1.82, 2.24) is 9.55 Å². The summed E-state index contributed by atoms with van der Waals surface area (Å²) < 4.78 is 7.76. The van der Waals surface area contributed by atoms with Crippen molar-refractivity contribution in [3.63, 3.8) is 0 Å². The van der Waals surface area contributed by atoms with E-state index in [1.807, 2.05) is 24.4 Å². The Kier molecular flexibility index (Phi) is 4.21. The van der Waals surface area contributed by atoms with E-state index in [9.17, 15) is 0 Å². The Morgan fingerprint density at radius 2 is 1.77 bits per heavy atom. The largest absolute Gasteiger partial charge is 0.497 e. The van der Waals surface area contributed by atoms with E-state index in [4.69, 9.17) is 9.72 Å². The Morgan fingerprint density at radius 3 is 2.54 bits per heavy atom. The molecule has 0 N–H and O–H groups in total. The van der Waals surface area contributed by atoms with Crippen molar-refractivity contribution in [1.29, 1.82) is 0 Å². The number of benzene rings is 2. The van der Waals surface area contributed by atoms with Crippen LogP contribution in [0.4, 0.5) is 0 Å². The lowest BCUT2D eigenvalue weighted by Gasteiger charge is -2.12. The van der Waals surface area contributed by atoms with E-state index >= 15 is 0 Å². The smallest absolute Gasteiger partial charge is 0.119 e. The quantitative estimate of drug-likeness (QED) is 0.498. The molecule has 2 aromatic carbocycles. The van der Waals surface area contributed by atoms with Crippen LogP contribution in [-0.4, -0.2) is 16.7 Å². The Balaban J connectivity index is 1.92. The number of hydrogen-bond donors (Lipinski definition) is 0. The van der Waals surface area contributed by atoms with Crippen LogP contribution in [0.5, 0.6) is 5.75 Å². The molecular formula is C23H22N2O. The topological polar surface area (TPSA) is 27.1 Å². The summed E-state index contributed by atoms with van der Waals surface area (Å²) >= 11 is 0. The fraction of sp³-hybridized carbons (Fsp3) is 0.174. The molecule has 0 fully saturated rings. The molecule has 3 nitrogen and oxygen atoms in total. The normalized spacial score (nSPS) is 11.0. The van der Waals surface area contributed by atoms with Gasteiger partial charge in [-0.1, -0.05) is 42.5 Å². The fourth-order valence-corrected chi connectivity index (χ4v) is 3.55. The van der Waals surface area contributed by atoms with Crippen LogP contribution >= 0.6 is 0 Å². The predicted molar refractivity (Wildman–Crippen MR) is 107 cm³/mol. The van der Waals surface area contributed by atoms with Crippen LogP contribution in [0.15, 0.2) is 66.9 Å². The molecular weight excluding hydrogens is 320 g/mol. The first-order chi connectivity index (χ1) is 12.7. The first kappa shape index (κ1) is 16.4. The van der Waals surface area contributed by atoms with Crippen LogP contribution in [0, 0.1) is 13.8 Å². The first-order valence-electron chi connectivity index (χ1n) is 8.82. The summed E-state index contributed by atoms with van der Waals surface area (Å²) in [7, 11) is 1.71. The van der Waals surface area contributed by atoms with Crippen molar-refractivity contribution in [3.8, 4) is 17.0 Å². The molecule has 130 valence electrons. The van der Waals surface area contributed by atoms with Gasteiger partial charge in [0.15, 0.2) is 0 Å². The lowest BCUT2D eigenvalue weighted by Crippen LogP contribution is -2.03. The van der Waals surface area contributed by atoms with Crippen molar-refractivity contribution >= 4 is 10.9 Å². The molecule has 0 aliphatic carbocycles. The van der Waals surface area contributed by atoms with Gasteiger partial charge in [-0.25, -0.2) is 0 Å². The molecule has 0 atom stereocenters. The lowest BCUT2D eigenvalue weighted by atomic mass is 10.1. The maximum absolute atomic E-state index is 5.39. The molecule has 4 rings (SSSR count). The monoisotopic (exact) mass is 342 g/mol. The first-order valence-corrected chi connectivity index (χ1v) is 8.82. The van der Waals surface area contributed by atoms with Gasteiger partial charge in [-0.3, -0.25) is 4.98 Å². The van der Waals surface area contributed by atoms with Crippen LogP contribution in [0.2, 0.25) is 0 Å². The molecule has 2 heterocycles. The second-order valence-electron chi connectivity index (χ2n) is 6.57. The molecule has 0 unspecified atom stereocenters. The van der Waals surface area contributed by atoms with E-state index in [1.54, 1.807) is 7.11 Å². The highest BCUT2D eigenvalue weighted by molar-refractivity contribution is 5.95. The molecule has 0 aliphatic heterocycles. The molecule has 0 amide bonds. The van der Waals surface area contributed by atoms with Gasteiger partial charge in [-0.15, -0.1) is 0 Å². The highest BCUT2D eigenvalue weighted by atomic mass is 16.5. The summed E-state index contributed by atoms with van der Waals surface area (Å²) in [5, 5.41) is 1.26. The van der Waals surface area contributed by atoms with Crippen molar-refractivity contribution in [2.24, 2.45) is 0 Å². The van der Waals surface area contributed by atoms with E-state index in [0.717, 1.165) is 23.6 Å². The van der Waals surface area contributed by atoms with Crippen molar-refractivity contribution in [3.05, 3.63) is 83.7 Å². The SMILES string of the molecule is COc1cccc(Cn2c(C)c(C)c3ccnc(-c4ccccc4)c32)c1. The van der Waals surface area contributed by atoms with E-state index in [0.29, 0.717) is 0 Å². The Hall–Kier alpha value is -3.07. The van der Waals surface area contributed by atoms with Crippen LogP contribution in [0.3, 0.4) is 0 Å². The number of pyridine rings is 1. The van der Waals surface area contributed by atoms with Gasteiger partial charge in [0.05, 0.1) is 18.3 Å². The van der Waals surface area contributed by atoms with Crippen molar-refractivity contribution in [2.45, 2.75) is 20.4 Å². The maximum Gasteiger partial charge on any atom is 0.119 e. The molecule has 0 saturated carbocycles. The van der Waals surface area contributed by atoms with Crippen LogP contribution in [0.1, 0.15) is 16.8 Å². The Bertz CT molecular complexity index is 1060. The number of hydrogen-bond acceptors (Lipinski definition) is 2. The lowest BCUT2D eigenvalue weighted by molar-refractivity contribution is 0.414. The van der Waals surface area contributed by atoms with Crippen molar-refractivity contribution in [2.75, 3.05) is 7.11 Å². The summed E-state index contributed by atoms with van der Waals surface area (Å²) in [5.74, 6) is 0.884. The van der Waals surface area contributed by atoms with Crippen LogP contribution < -0.4 is 4.74 Å². The van der Waals surface area contributed by atoms with Gasteiger partial charge in [0, 0.05) is 29.4 Å². The molecule has 0 aliphatic rings. The maximum atomic E-state index is 5.39. The molecule has 0 spiro atoms. The molecule has 0 bridgehead atoms. The second-order valence-corrected chi connectivity index (χ2v) is 6.57. The molecule has 0 radical (unpaired) electrons. The van der Waals surface area contributed by atoms with Gasteiger partial charge in [0.25, 0.3) is 0 Å². The Labute approximate surface area is 153 Å². The van der Waals surface area contributed by atoms with Crippen LogP contribution in [-0.2, 0) is 6.54 Å². The number of aromatic nitrogens is 2. The minimum absolute atomic E-state index is 0.791. The average Bonchev–Trinajstić information content (AvgIpc) is 2.94. The predicted octanol–water partition coefficient (Wildman–Crippen LogP) is 5.38. The number of fused-ring (bicyclic) bond motifs is 1. The van der Waals surface area contributed by atoms with Gasteiger partial charge in [0.1, 0.15) is 5.75 Å². The molecule has 3 heteroatoms. The average molecular weight is 342 g/mol. The summed E-state index contributed by atoms with van der Waals surface area (Å²) in [6.07, 6.45) is 1.91. The third kappa shape index (κ3) is 2.76. The van der Waals surface area contributed by atoms with Crippen LogP contribution in [0.25, 0.3) is 22.2 Å². The van der Waals surface area contributed by atoms with E-state index in [-0.39, 0.29) is 0 Å². The van der Waals surface area contributed by atoms with Gasteiger partial charge < -0.3 is 9.30 Å². The Morgan fingerprint density at radius 1 is 0.962 bits per heavy atom. The van der Waals surface area contributed by atoms with Crippen molar-refractivity contribution < 1.29 is 4.74 Å². The van der Waals surface area contributed by atoms with Gasteiger partial charge in [-0.05, 0) is 43.2 Å². The number of nitrogens with zero attached hydrogens (tertiary/aromatic N) is 2. The number of ether oxygens (including phenoxy) is 1. The van der Waals surface area contributed by atoms with E-state index in [1.165, 1.54) is 27.7 Å². The zero-order valence-corrected chi connectivity index (χ0v) is 15.4. The zero-order valence-electron chi connectivity index (χ0n) is 15.4. The number of aryl methyl sites for hydroxylation is 1. The van der Waals surface area contributed by atoms with Gasteiger partial charge >= 0.3 is 0 Å². The summed E-state index contributed by atoms with van der Waals surface area (Å²) in [5.41, 5.74) is 7.16. The molecule has 26 heavy (non-hydrogen) atoms. The molecule has 0 saturated heterocycles. The highest BCUT2D eigenvalue weighted by Crippen LogP contribution is 2.33. The van der Waals surface area contributed by atoms with E-state index in [2.05, 4.69) is 60.9 Å². The molecule has 2 aromatic heterocycles. The minimum Gasteiger partial charge on any atom is -0.497 e. The third-order valence-corrected chi connectivity index (χ3v) is 5.07. The van der Waals surface area contributed by atoms with Gasteiger partial charge in [0.2, 0.25) is 0 Å². The summed E-state index contributed by atoms with van der Waals surface area (Å²) in [6, 6.07) is 20.8. The van der Waals surface area contributed by atoms with E-state index < -0.39 is 0 Å². The number of rotatable bonds is 4. The highest BCUT2D eigenvalue weighted by Gasteiger charge is 2.16.